The van der Waals surface area contributed by atoms with Gasteiger partial charge in [0, 0.05) is 0 Å². The number of halogens is 4. The van der Waals surface area contributed by atoms with Crippen LogP contribution in [0.25, 0.3) is 0 Å². The molecule has 1 amide bonds. The van der Waals surface area contributed by atoms with E-state index >= 15 is 0 Å². The van der Waals surface area contributed by atoms with Crippen LogP contribution in [0.2, 0.25) is 5.02 Å². The Morgan fingerprint density at radius 3 is 2.37 bits per heavy atom. The van der Waals surface area contributed by atoms with E-state index in [1.807, 2.05) is 13.8 Å². The number of nitrogens with one attached hydrogen (secondary N) is 1. The van der Waals surface area contributed by atoms with E-state index < -0.39 is 44.9 Å². The first kappa shape index (κ1) is 31.8. The fourth-order valence-corrected chi connectivity index (χ4v) is 5.22. The van der Waals surface area contributed by atoms with Crippen LogP contribution >= 0.6 is 11.6 Å². The molecule has 3 aromatic carbocycles. The predicted molar refractivity (Wildman–Crippen MR) is 151 cm³/mol. The van der Waals surface area contributed by atoms with Gasteiger partial charge in [-0.3, -0.25) is 9.10 Å². The van der Waals surface area contributed by atoms with Crippen molar-refractivity contribution in [2.24, 2.45) is 5.10 Å². The van der Waals surface area contributed by atoms with E-state index in [9.17, 15) is 26.4 Å². The van der Waals surface area contributed by atoms with Crippen LogP contribution in [0.3, 0.4) is 0 Å². The third-order valence-corrected chi connectivity index (χ3v) is 7.69. The van der Waals surface area contributed by atoms with Gasteiger partial charge in [0.15, 0.2) is 11.5 Å². The summed E-state index contributed by atoms with van der Waals surface area (Å²) in [5.41, 5.74) is 1.91. The van der Waals surface area contributed by atoms with Crippen LogP contribution in [-0.2, 0) is 21.0 Å². The molecule has 220 valence electrons. The number of alkyl halides is 3. The number of nitrogens with zero attached hydrogens (tertiary/aromatic N) is 2. The van der Waals surface area contributed by atoms with Crippen molar-refractivity contribution in [3.05, 3.63) is 82.4 Å². The molecule has 1 N–H and O–H groups in total. The fourth-order valence-electron chi connectivity index (χ4n) is 3.59. The van der Waals surface area contributed by atoms with Crippen molar-refractivity contribution < 1.29 is 35.9 Å². The topological polar surface area (TPSA) is 97.3 Å². The number of hydrazone groups is 1. The number of hydrogen-bond acceptors (Lipinski definition) is 6. The molecule has 0 fully saturated rings. The molecule has 0 bridgehead atoms. The van der Waals surface area contributed by atoms with E-state index in [1.165, 1.54) is 30.5 Å². The second kappa shape index (κ2) is 13.7. The van der Waals surface area contributed by atoms with Gasteiger partial charge in [-0.15, -0.1) is 0 Å². The summed E-state index contributed by atoms with van der Waals surface area (Å²) in [6.45, 7) is 5.58. The van der Waals surface area contributed by atoms with Gasteiger partial charge in [0.2, 0.25) is 0 Å². The number of ether oxygens (including phenoxy) is 2. The SMILES string of the molecule is CCCOc1ccc(/C=N\NC(=O)CN(c2ccc(Cl)c(C(F)(F)F)c2)S(=O)(=O)c2ccc(C)cc2)cc1OCC. The minimum absolute atomic E-state index is 0.211. The Hall–Kier alpha value is -3.77. The van der Waals surface area contributed by atoms with Gasteiger partial charge in [0.1, 0.15) is 6.54 Å². The molecular formula is C28H29ClF3N3O5S. The summed E-state index contributed by atoms with van der Waals surface area (Å²) in [5.74, 6) is 0.135. The Labute approximate surface area is 241 Å². The summed E-state index contributed by atoms with van der Waals surface area (Å²) < 4.78 is 79.4. The van der Waals surface area contributed by atoms with Gasteiger partial charge in [-0.25, -0.2) is 13.8 Å². The molecule has 0 radical (unpaired) electrons. The highest BCUT2D eigenvalue weighted by Crippen LogP contribution is 2.38. The zero-order valence-electron chi connectivity index (χ0n) is 22.5. The van der Waals surface area contributed by atoms with E-state index in [2.05, 4.69) is 10.5 Å². The lowest BCUT2D eigenvalue weighted by Crippen LogP contribution is -2.39. The molecule has 8 nitrogen and oxygen atoms in total. The molecular weight excluding hydrogens is 583 g/mol. The van der Waals surface area contributed by atoms with E-state index in [0.29, 0.717) is 40.6 Å². The van der Waals surface area contributed by atoms with Crippen LogP contribution in [0.15, 0.2) is 70.7 Å². The molecule has 0 saturated carbocycles. The lowest BCUT2D eigenvalue weighted by Gasteiger charge is -2.25. The summed E-state index contributed by atoms with van der Waals surface area (Å²) >= 11 is 5.73. The molecule has 0 aromatic heterocycles. The minimum Gasteiger partial charge on any atom is -0.490 e. The van der Waals surface area contributed by atoms with Crippen LogP contribution in [0.5, 0.6) is 11.5 Å². The number of amides is 1. The van der Waals surface area contributed by atoms with Gasteiger partial charge >= 0.3 is 6.18 Å². The molecule has 0 aliphatic heterocycles. The van der Waals surface area contributed by atoms with Crippen LogP contribution in [0, 0.1) is 6.92 Å². The second-order valence-electron chi connectivity index (χ2n) is 8.77. The van der Waals surface area contributed by atoms with Crippen LogP contribution in [0.1, 0.15) is 37.0 Å². The molecule has 0 saturated heterocycles. The third-order valence-electron chi connectivity index (χ3n) is 5.57. The lowest BCUT2D eigenvalue weighted by atomic mass is 10.2. The quantitative estimate of drug-likeness (QED) is 0.194. The maximum atomic E-state index is 13.5. The van der Waals surface area contributed by atoms with Crippen LogP contribution in [-0.4, -0.2) is 40.3 Å². The molecule has 3 rings (SSSR count). The van der Waals surface area contributed by atoms with Crippen molar-refractivity contribution in [1.82, 2.24) is 5.43 Å². The Balaban J connectivity index is 1.88. The van der Waals surface area contributed by atoms with Gasteiger partial charge in [-0.1, -0.05) is 36.2 Å². The Kier molecular flexibility index (Phi) is 10.6. The zero-order chi connectivity index (χ0) is 30.2. The number of sulfonamides is 1. The zero-order valence-corrected chi connectivity index (χ0v) is 24.1. The smallest absolute Gasteiger partial charge is 0.417 e. The molecule has 0 spiro atoms. The number of rotatable bonds is 12. The summed E-state index contributed by atoms with van der Waals surface area (Å²) in [6, 6.07) is 13.3. The van der Waals surface area contributed by atoms with Crippen molar-refractivity contribution in [2.75, 3.05) is 24.1 Å². The number of carbonyl (C=O) groups excluding carboxylic acids is 1. The number of anilines is 1. The van der Waals surface area contributed by atoms with Crippen molar-refractivity contribution in [3.8, 4) is 11.5 Å². The molecule has 3 aromatic rings. The fraction of sp³-hybridized carbons (Fsp3) is 0.286. The standard InChI is InChI=1S/C28H29ClF3N3O5S/c1-4-14-40-25-13-8-20(15-26(25)39-5-2)17-33-34-27(36)18-35(41(37,38)22-10-6-19(3)7-11-22)21-9-12-24(29)23(16-21)28(30,31)32/h6-13,15-17H,4-5,14,18H2,1-3H3,(H,34,36)/b33-17-. The number of hydrogen-bond donors (Lipinski definition) is 1. The van der Waals surface area contributed by atoms with Crippen molar-refractivity contribution >= 4 is 39.4 Å². The van der Waals surface area contributed by atoms with Gasteiger partial charge in [-0.05, 0) is 74.4 Å². The van der Waals surface area contributed by atoms with Crippen molar-refractivity contribution in [1.29, 1.82) is 0 Å². The largest absolute Gasteiger partial charge is 0.490 e. The van der Waals surface area contributed by atoms with Crippen LogP contribution in [0.4, 0.5) is 18.9 Å². The van der Waals surface area contributed by atoms with Crippen molar-refractivity contribution in [3.63, 3.8) is 0 Å². The van der Waals surface area contributed by atoms with Gasteiger partial charge in [-0.2, -0.15) is 18.3 Å². The average Bonchev–Trinajstić information content (AvgIpc) is 2.91. The normalized spacial score (nSPS) is 11.9. The highest BCUT2D eigenvalue weighted by Gasteiger charge is 2.35. The van der Waals surface area contributed by atoms with Gasteiger partial charge < -0.3 is 9.47 Å². The molecule has 41 heavy (non-hydrogen) atoms. The molecule has 0 unspecified atom stereocenters. The van der Waals surface area contributed by atoms with Crippen molar-refractivity contribution in [2.45, 2.75) is 38.3 Å². The van der Waals surface area contributed by atoms with E-state index in [4.69, 9.17) is 21.1 Å². The summed E-state index contributed by atoms with van der Waals surface area (Å²) in [5, 5.41) is 3.26. The van der Waals surface area contributed by atoms with Gasteiger partial charge in [0.05, 0.1) is 40.6 Å². The summed E-state index contributed by atoms with van der Waals surface area (Å²) in [6.07, 6.45) is -2.73. The van der Waals surface area contributed by atoms with Crippen LogP contribution < -0.4 is 19.2 Å². The Bertz CT molecular complexity index is 1500. The van der Waals surface area contributed by atoms with E-state index in [0.717, 1.165) is 24.1 Å². The maximum absolute atomic E-state index is 13.5. The molecule has 0 heterocycles. The predicted octanol–water partition coefficient (Wildman–Crippen LogP) is 6.20. The summed E-state index contributed by atoms with van der Waals surface area (Å²) in [7, 11) is -4.46. The average molecular weight is 612 g/mol. The Morgan fingerprint density at radius 2 is 1.73 bits per heavy atom. The van der Waals surface area contributed by atoms with E-state index in [-0.39, 0.29) is 4.90 Å². The monoisotopic (exact) mass is 611 g/mol. The summed E-state index contributed by atoms with van der Waals surface area (Å²) in [4.78, 5) is 12.6. The highest BCUT2D eigenvalue weighted by atomic mass is 35.5. The first-order valence-electron chi connectivity index (χ1n) is 12.5. The lowest BCUT2D eigenvalue weighted by molar-refractivity contribution is -0.137. The second-order valence-corrected chi connectivity index (χ2v) is 11.0. The first-order chi connectivity index (χ1) is 19.4. The Morgan fingerprint density at radius 1 is 1.02 bits per heavy atom. The van der Waals surface area contributed by atoms with Gasteiger partial charge in [0.25, 0.3) is 15.9 Å². The number of aryl methyl sites for hydroxylation is 1. The number of benzene rings is 3. The highest BCUT2D eigenvalue weighted by molar-refractivity contribution is 7.92. The molecule has 0 atom stereocenters. The molecule has 0 aliphatic carbocycles. The minimum atomic E-state index is -4.85. The first-order valence-corrected chi connectivity index (χ1v) is 14.4. The molecule has 0 aliphatic rings. The van der Waals surface area contributed by atoms with E-state index in [1.54, 1.807) is 25.1 Å². The maximum Gasteiger partial charge on any atom is 0.417 e. The molecule has 13 heteroatoms. The number of carbonyl (C=O) groups is 1. The third kappa shape index (κ3) is 8.37.